The normalized spacial score (nSPS) is 22.4. The van der Waals surface area contributed by atoms with Crippen LogP contribution in [-0.2, 0) is 14.4 Å². The minimum absolute atomic E-state index is 0.0854. The second kappa shape index (κ2) is 12.0. The van der Waals surface area contributed by atoms with E-state index in [9.17, 15) is 19.5 Å². The van der Waals surface area contributed by atoms with Gasteiger partial charge in [0, 0.05) is 50.8 Å². The zero-order valence-electron chi connectivity index (χ0n) is 22.3. The first kappa shape index (κ1) is 26.9. The number of carboxylic acids is 1. The molecule has 0 spiro atoms. The number of likely N-dealkylation sites (tertiary alicyclic amines) is 2. The Balaban J connectivity index is 1.42. The van der Waals surface area contributed by atoms with Crippen LogP contribution in [0.5, 0.6) is 11.5 Å². The molecule has 10 heteroatoms. The fraction of sp³-hybridized carbons (Fsp3) is 0.517. The van der Waals surface area contributed by atoms with E-state index >= 15 is 0 Å². The number of aliphatic carboxylic acids is 1. The van der Waals surface area contributed by atoms with Gasteiger partial charge < -0.3 is 24.4 Å². The number of benzene rings is 1. The fourth-order valence-electron chi connectivity index (χ4n) is 6.05. The van der Waals surface area contributed by atoms with E-state index in [1.165, 1.54) is 0 Å². The molecule has 3 aliphatic rings. The van der Waals surface area contributed by atoms with Crippen molar-refractivity contribution in [3.05, 3.63) is 48.3 Å². The number of hydrogen-bond acceptors (Lipinski definition) is 7. The van der Waals surface area contributed by atoms with Gasteiger partial charge in [0.15, 0.2) is 11.5 Å². The lowest BCUT2D eigenvalue weighted by molar-refractivity contribution is -0.143. The molecule has 3 aliphatic heterocycles. The van der Waals surface area contributed by atoms with Gasteiger partial charge in [-0.1, -0.05) is 19.4 Å². The number of carbonyl (C=O) groups excluding carboxylic acids is 2. The zero-order valence-corrected chi connectivity index (χ0v) is 22.3. The minimum Gasteiger partial charge on any atom is -0.481 e. The maximum absolute atomic E-state index is 13.7. The molecule has 2 fully saturated rings. The summed E-state index contributed by atoms with van der Waals surface area (Å²) in [6, 6.07) is 8.84. The molecule has 2 saturated heterocycles. The Morgan fingerprint density at radius 3 is 2.77 bits per heavy atom. The summed E-state index contributed by atoms with van der Waals surface area (Å²) in [4.78, 5) is 48.6. The Bertz CT molecular complexity index is 1190. The average Bonchev–Trinajstić information content (AvgIpc) is 3.66. The van der Waals surface area contributed by atoms with Crippen LogP contribution in [0, 0.1) is 5.92 Å². The van der Waals surface area contributed by atoms with Crippen molar-refractivity contribution in [1.29, 1.82) is 0 Å². The summed E-state index contributed by atoms with van der Waals surface area (Å²) in [6.45, 7) is 4.46. The lowest BCUT2D eigenvalue weighted by Gasteiger charge is -2.30. The summed E-state index contributed by atoms with van der Waals surface area (Å²) in [5.41, 5.74) is 1.58. The van der Waals surface area contributed by atoms with Gasteiger partial charge in [0.1, 0.15) is 0 Å². The molecule has 3 atom stereocenters. The number of pyridine rings is 1. The molecule has 1 unspecified atom stereocenters. The van der Waals surface area contributed by atoms with E-state index in [4.69, 9.17) is 9.47 Å². The quantitative estimate of drug-likeness (QED) is 0.466. The fourth-order valence-corrected chi connectivity index (χ4v) is 6.05. The number of aromatic nitrogens is 1. The van der Waals surface area contributed by atoms with Gasteiger partial charge in [-0.3, -0.25) is 24.3 Å². The van der Waals surface area contributed by atoms with E-state index in [-0.39, 0.29) is 31.1 Å². The Hall–Kier alpha value is -3.66. The van der Waals surface area contributed by atoms with Crippen molar-refractivity contribution in [2.75, 3.05) is 44.4 Å². The predicted molar refractivity (Wildman–Crippen MR) is 144 cm³/mol. The van der Waals surface area contributed by atoms with Crippen molar-refractivity contribution in [3.8, 4) is 11.5 Å². The summed E-state index contributed by atoms with van der Waals surface area (Å²) in [5, 5.41) is 10.4. The van der Waals surface area contributed by atoms with E-state index in [2.05, 4.69) is 11.9 Å². The second-order valence-electron chi connectivity index (χ2n) is 10.5. The summed E-state index contributed by atoms with van der Waals surface area (Å²) < 4.78 is 11.0. The SMILES string of the molecule is CCCCN(C(=O)CN1C[C@H](c2ccc3c(c2)OCO3)C(C(=O)O)[C@@H]1CCN1CCCC1=O)c1cccnc1. The highest BCUT2D eigenvalue weighted by atomic mass is 16.7. The van der Waals surface area contributed by atoms with Crippen molar-refractivity contribution in [1.82, 2.24) is 14.8 Å². The number of fused-ring (bicyclic) bond motifs is 1. The molecule has 2 amide bonds. The van der Waals surface area contributed by atoms with Crippen LogP contribution in [0.15, 0.2) is 42.7 Å². The Labute approximate surface area is 228 Å². The molecule has 1 aromatic carbocycles. The molecule has 4 heterocycles. The second-order valence-corrected chi connectivity index (χ2v) is 10.5. The number of hydrogen-bond donors (Lipinski definition) is 1. The minimum atomic E-state index is -0.902. The maximum atomic E-state index is 13.7. The van der Waals surface area contributed by atoms with Gasteiger partial charge in [0.05, 0.1) is 24.3 Å². The molecule has 0 saturated carbocycles. The molecule has 1 N–H and O–H groups in total. The lowest BCUT2D eigenvalue weighted by atomic mass is 9.84. The van der Waals surface area contributed by atoms with Gasteiger partial charge >= 0.3 is 5.97 Å². The molecular formula is C29H36N4O6. The van der Waals surface area contributed by atoms with Gasteiger partial charge in [-0.15, -0.1) is 0 Å². The Morgan fingerprint density at radius 1 is 1.21 bits per heavy atom. The third-order valence-corrected chi connectivity index (χ3v) is 8.06. The summed E-state index contributed by atoms with van der Waals surface area (Å²) in [7, 11) is 0. The molecular weight excluding hydrogens is 500 g/mol. The largest absolute Gasteiger partial charge is 0.481 e. The molecule has 0 radical (unpaired) electrons. The smallest absolute Gasteiger partial charge is 0.308 e. The molecule has 1 aromatic heterocycles. The first-order chi connectivity index (χ1) is 19.0. The average molecular weight is 537 g/mol. The molecule has 208 valence electrons. The molecule has 0 aliphatic carbocycles. The zero-order chi connectivity index (χ0) is 27.4. The third kappa shape index (κ3) is 5.85. The molecule has 0 bridgehead atoms. The number of ether oxygens (including phenoxy) is 2. The number of carbonyl (C=O) groups is 3. The van der Waals surface area contributed by atoms with Crippen LogP contribution in [0.3, 0.4) is 0 Å². The number of anilines is 1. The monoisotopic (exact) mass is 536 g/mol. The van der Waals surface area contributed by atoms with Crippen molar-refractivity contribution in [3.63, 3.8) is 0 Å². The van der Waals surface area contributed by atoms with E-state index in [1.54, 1.807) is 17.3 Å². The number of rotatable bonds is 11. The van der Waals surface area contributed by atoms with Crippen molar-refractivity contribution in [2.24, 2.45) is 5.92 Å². The van der Waals surface area contributed by atoms with Gasteiger partial charge in [0.25, 0.3) is 0 Å². The summed E-state index contributed by atoms with van der Waals surface area (Å²) in [6.07, 6.45) is 6.99. The van der Waals surface area contributed by atoms with Crippen LogP contribution < -0.4 is 14.4 Å². The van der Waals surface area contributed by atoms with Gasteiger partial charge in [-0.05, 0) is 49.1 Å². The van der Waals surface area contributed by atoms with Crippen molar-refractivity contribution >= 4 is 23.5 Å². The molecule has 2 aromatic rings. The van der Waals surface area contributed by atoms with E-state index in [1.807, 2.05) is 40.1 Å². The van der Waals surface area contributed by atoms with Gasteiger partial charge in [-0.25, -0.2) is 0 Å². The van der Waals surface area contributed by atoms with Crippen LogP contribution in [0.25, 0.3) is 0 Å². The van der Waals surface area contributed by atoms with Crippen LogP contribution >= 0.6 is 0 Å². The number of unbranched alkanes of at least 4 members (excludes halogenated alkanes) is 1. The maximum Gasteiger partial charge on any atom is 0.308 e. The molecule has 39 heavy (non-hydrogen) atoms. The van der Waals surface area contributed by atoms with Crippen LogP contribution in [0.1, 0.15) is 50.5 Å². The Kier molecular flexibility index (Phi) is 8.30. The number of carboxylic acid groups (broad SMARTS) is 1. The summed E-state index contributed by atoms with van der Waals surface area (Å²) in [5.74, 6) is -0.716. The Morgan fingerprint density at radius 2 is 2.05 bits per heavy atom. The number of amides is 2. The third-order valence-electron chi connectivity index (χ3n) is 8.06. The molecule has 5 rings (SSSR count). The highest BCUT2D eigenvalue weighted by molar-refractivity contribution is 5.94. The van der Waals surface area contributed by atoms with Crippen LogP contribution in [0.2, 0.25) is 0 Å². The highest BCUT2D eigenvalue weighted by Gasteiger charge is 2.47. The van der Waals surface area contributed by atoms with Crippen molar-refractivity contribution in [2.45, 2.75) is 51.0 Å². The first-order valence-electron chi connectivity index (χ1n) is 13.8. The number of nitrogens with zero attached hydrogens (tertiary/aromatic N) is 4. The summed E-state index contributed by atoms with van der Waals surface area (Å²) >= 11 is 0. The van der Waals surface area contributed by atoms with E-state index in [0.29, 0.717) is 50.5 Å². The van der Waals surface area contributed by atoms with Crippen LogP contribution in [-0.4, -0.2) is 83.2 Å². The first-order valence-corrected chi connectivity index (χ1v) is 13.8. The standard InChI is InChI=1S/C29H36N4O6/c1-2-3-13-33(21-6-4-11-30-16-21)27(35)18-32-17-22(20-8-9-24-25(15-20)39-19-38-24)28(29(36)37)23(32)10-14-31-12-5-7-26(31)34/h4,6,8-9,11,15-16,22-23,28H,2-3,5,7,10,12-14,17-19H2,1H3,(H,36,37)/t22-,23+,28?/m1/s1. The lowest BCUT2D eigenvalue weighted by Crippen LogP contribution is -2.45. The van der Waals surface area contributed by atoms with Crippen molar-refractivity contribution < 1.29 is 29.0 Å². The predicted octanol–water partition coefficient (Wildman–Crippen LogP) is 3.12. The topological polar surface area (TPSA) is 113 Å². The van der Waals surface area contributed by atoms with E-state index in [0.717, 1.165) is 30.5 Å². The molecule has 10 nitrogen and oxygen atoms in total. The van der Waals surface area contributed by atoms with E-state index < -0.39 is 17.9 Å². The van der Waals surface area contributed by atoms with Gasteiger partial charge in [-0.2, -0.15) is 0 Å². The van der Waals surface area contributed by atoms with Gasteiger partial charge in [0.2, 0.25) is 18.6 Å². The van der Waals surface area contributed by atoms with Crippen LogP contribution in [0.4, 0.5) is 5.69 Å². The highest BCUT2D eigenvalue weighted by Crippen LogP contribution is 2.43.